The van der Waals surface area contributed by atoms with Crippen molar-refractivity contribution in [3.63, 3.8) is 0 Å². The number of methoxy groups -OCH3 is 2. The summed E-state index contributed by atoms with van der Waals surface area (Å²) >= 11 is 0. The third-order valence-corrected chi connectivity index (χ3v) is 5.66. The number of hydrogen-bond donors (Lipinski definition) is 1. The van der Waals surface area contributed by atoms with Gasteiger partial charge in [0.1, 0.15) is 17.3 Å². The number of nitrogens with one attached hydrogen (secondary N) is 1. The maximum Gasteiger partial charge on any atom is 0.251 e. The molecule has 0 aliphatic rings. The number of hydrogen-bond acceptors (Lipinski definition) is 6. The summed E-state index contributed by atoms with van der Waals surface area (Å²) in [5.41, 5.74) is 5.05. The summed E-state index contributed by atoms with van der Waals surface area (Å²) in [6, 6.07) is 24.3. The van der Waals surface area contributed by atoms with E-state index >= 15 is 0 Å². The minimum atomic E-state index is -0.213. The van der Waals surface area contributed by atoms with Crippen LogP contribution in [-0.2, 0) is 6.54 Å². The molecule has 3 aromatic carbocycles. The molecule has 0 fully saturated rings. The Labute approximate surface area is 202 Å². The number of furan rings is 1. The van der Waals surface area contributed by atoms with Crippen LogP contribution < -0.4 is 14.8 Å². The van der Waals surface area contributed by atoms with Crippen LogP contribution in [0.15, 0.2) is 89.5 Å². The van der Waals surface area contributed by atoms with Gasteiger partial charge in [0, 0.05) is 16.7 Å². The largest absolute Gasteiger partial charge is 0.497 e. The molecule has 0 aliphatic carbocycles. The highest BCUT2D eigenvalue weighted by Gasteiger charge is 2.15. The van der Waals surface area contributed by atoms with Crippen LogP contribution >= 0.6 is 0 Å². The van der Waals surface area contributed by atoms with Crippen LogP contribution in [0, 0.1) is 0 Å². The highest BCUT2D eigenvalue weighted by atomic mass is 16.5. The Kier molecular flexibility index (Phi) is 6.13. The SMILES string of the molecule is COc1ccc(-c2nc3ccc(C(=O)NCc4ccco4)cc3nc2-c2ccc(OC)cc2)cc1. The Balaban J connectivity index is 1.56. The normalized spacial score (nSPS) is 10.8. The first-order valence-corrected chi connectivity index (χ1v) is 11.1. The zero-order valence-corrected chi connectivity index (χ0v) is 19.3. The molecule has 1 N–H and O–H groups in total. The molecule has 2 aromatic heterocycles. The van der Waals surface area contributed by atoms with Crippen molar-refractivity contribution >= 4 is 16.9 Å². The van der Waals surface area contributed by atoms with Crippen LogP contribution in [0.3, 0.4) is 0 Å². The first-order chi connectivity index (χ1) is 17.1. The lowest BCUT2D eigenvalue weighted by Gasteiger charge is -2.12. The van der Waals surface area contributed by atoms with Crippen LogP contribution in [0.2, 0.25) is 0 Å². The van der Waals surface area contributed by atoms with Gasteiger partial charge in [0.05, 0.1) is 49.4 Å². The van der Waals surface area contributed by atoms with Gasteiger partial charge in [-0.2, -0.15) is 0 Å². The zero-order valence-electron chi connectivity index (χ0n) is 19.3. The number of amides is 1. The molecule has 174 valence electrons. The quantitative estimate of drug-likeness (QED) is 0.341. The molecule has 7 nitrogen and oxygen atoms in total. The fourth-order valence-electron chi connectivity index (χ4n) is 3.78. The minimum Gasteiger partial charge on any atom is -0.497 e. The van der Waals surface area contributed by atoms with Crippen LogP contribution in [0.4, 0.5) is 0 Å². The highest BCUT2D eigenvalue weighted by molar-refractivity contribution is 5.98. The molecular weight excluding hydrogens is 442 g/mol. The number of benzene rings is 3. The Bertz CT molecular complexity index is 1460. The Morgan fingerprint density at radius 3 is 1.94 bits per heavy atom. The van der Waals surface area contributed by atoms with Gasteiger partial charge in [-0.25, -0.2) is 9.97 Å². The molecule has 0 unspecified atom stereocenters. The third kappa shape index (κ3) is 4.70. The van der Waals surface area contributed by atoms with E-state index in [4.69, 9.17) is 23.9 Å². The molecule has 0 bridgehead atoms. The minimum absolute atomic E-state index is 0.213. The van der Waals surface area contributed by atoms with Gasteiger partial charge in [-0.15, -0.1) is 0 Å². The fraction of sp³-hybridized carbons (Fsp3) is 0.107. The molecule has 0 spiro atoms. The number of nitrogens with zero attached hydrogens (tertiary/aromatic N) is 2. The molecule has 0 aliphatic heterocycles. The van der Waals surface area contributed by atoms with E-state index in [1.165, 1.54) is 0 Å². The second-order valence-electron chi connectivity index (χ2n) is 7.84. The lowest BCUT2D eigenvalue weighted by molar-refractivity contribution is 0.0948. The average Bonchev–Trinajstić information content (AvgIpc) is 3.44. The molecule has 5 aromatic rings. The molecule has 2 heterocycles. The highest BCUT2D eigenvalue weighted by Crippen LogP contribution is 2.33. The topological polar surface area (TPSA) is 86.5 Å². The molecule has 7 heteroatoms. The van der Waals surface area contributed by atoms with E-state index in [9.17, 15) is 4.79 Å². The van der Waals surface area contributed by atoms with E-state index < -0.39 is 0 Å². The summed E-state index contributed by atoms with van der Waals surface area (Å²) in [5.74, 6) is 1.99. The summed E-state index contributed by atoms with van der Waals surface area (Å²) in [7, 11) is 3.27. The summed E-state index contributed by atoms with van der Waals surface area (Å²) in [5, 5.41) is 2.87. The Morgan fingerprint density at radius 2 is 1.40 bits per heavy atom. The van der Waals surface area contributed by atoms with E-state index in [0.29, 0.717) is 34.6 Å². The van der Waals surface area contributed by atoms with Gasteiger partial charge in [0.15, 0.2) is 0 Å². The lowest BCUT2D eigenvalue weighted by Crippen LogP contribution is -2.22. The van der Waals surface area contributed by atoms with Gasteiger partial charge < -0.3 is 19.2 Å². The number of aromatic nitrogens is 2. The van der Waals surface area contributed by atoms with E-state index in [2.05, 4.69) is 5.32 Å². The smallest absolute Gasteiger partial charge is 0.251 e. The number of carbonyl (C=O) groups excluding carboxylic acids is 1. The van der Waals surface area contributed by atoms with E-state index in [0.717, 1.165) is 28.3 Å². The fourth-order valence-corrected chi connectivity index (χ4v) is 3.78. The molecule has 0 saturated heterocycles. The maximum atomic E-state index is 12.7. The van der Waals surface area contributed by atoms with Gasteiger partial charge >= 0.3 is 0 Å². The van der Waals surface area contributed by atoms with Gasteiger partial charge in [-0.1, -0.05) is 0 Å². The van der Waals surface area contributed by atoms with Gasteiger partial charge in [-0.05, 0) is 78.9 Å². The van der Waals surface area contributed by atoms with Crippen molar-refractivity contribution in [1.82, 2.24) is 15.3 Å². The molecule has 5 rings (SSSR count). The Hall–Kier alpha value is -4.65. The molecular formula is C28H23N3O4. The molecule has 0 saturated carbocycles. The standard InChI is InChI=1S/C28H23N3O4/c1-33-21-10-5-18(6-11-21)26-27(19-7-12-22(34-2)13-8-19)31-25-16-20(9-14-24(25)30-26)28(32)29-17-23-4-3-15-35-23/h3-16H,17H2,1-2H3,(H,29,32). The number of fused-ring (bicyclic) bond motifs is 1. The summed E-state index contributed by atoms with van der Waals surface area (Å²) in [6.45, 7) is 0.309. The number of ether oxygens (including phenoxy) is 2. The van der Waals surface area contributed by atoms with Crippen LogP contribution in [-0.4, -0.2) is 30.1 Å². The molecule has 0 atom stereocenters. The molecule has 0 radical (unpaired) electrons. The number of carbonyl (C=O) groups is 1. The van der Waals surface area contributed by atoms with E-state index in [1.54, 1.807) is 38.7 Å². The third-order valence-electron chi connectivity index (χ3n) is 5.66. The van der Waals surface area contributed by atoms with Crippen molar-refractivity contribution in [1.29, 1.82) is 0 Å². The predicted molar refractivity (Wildman–Crippen MR) is 133 cm³/mol. The second kappa shape index (κ2) is 9.69. The van der Waals surface area contributed by atoms with Crippen molar-refractivity contribution in [3.8, 4) is 34.0 Å². The van der Waals surface area contributed by atoms with Gasteiger partial charge in [-0.3, -0.25) is 4.79 Å². The van der Waals surface area contributed by atoms with Crippen molar-refractivity contribution in [2.45, 2.75) is 6.54 Å². The number of rotatable bonds is 7. The maximum absolute atomic E-state index is 12.7. The van der Waals surface area contributed by atoms with Gasteiger partial charge in [0.2, 0.25) is 0 Å². The van der Waals surface area contributed by atoms with Gasteiger partial charge in [0.25, 0.3) is 5.91 Å². The van der Waals surface area contributed by atoms with Crippen molar-refractivity contribution in [2.24, 2.45) is 0 Å². The summed E-state index contributed by atoms with van der Waals surface area (Å²) < 4.78 is 15.9. The van der Waals surface area contributed by atoms with E-state index in [-0.39, 0.29) is 5.91 Å². The average molecular weight is 466 g/mol. The van der Waals surface area contributed by atoms with Crippen LogP contribution in [0.25, 0.3) is 33.5 Å². The first-order valence-electron chi connectivity index (χ1n) is 11.1. The van der Waals surface area contributed by atoms with Crippen molar-refractivity contribution in [3.05, 3.63) is 96.4 Å². The van der Waals surface area contributed by atoms with Crippen molar-refractivity contribution in [2.75, 3.05) is 14.2 Å². The second-order valence-corrected chi connectivity index (χ2v) is 7.84. The predicted octanol–water partition coefficient (Wildman–Crippen LogP) is 5.50. The lowest BCUT2D eigenvalue weighted by atomic mass is 10.0. The molecule has 35 heavy (non-hydrogen) atoms. The summed E-state index contributed by atoms with van der Waals surface area (Å²) in [6.07, 6.45) is 1.58. The Morgan fingerprint density at radius 1 is 0.800 bits per heavy atom. The van der Waals surface area contributed by atoms with Crippen molar-refractivity contribution < 1.29 is 18.7 Å². The first kappa shape index (κ1) is 22.2. The molecule has 1 amide bonds. The van der Waals surface area contributed by atoms with Crippen LogP contribution in [0.1, 0.15) is 16.1 Å². The zero-order chi connectivity index (χ0) is 24.2. The monoisotopic (exact) mass is 465 g/mol. The summed E-state index contributed by atoms with van der Waals surface area (Å²) in [4.78, 5) is 22.6. The van der Waals surface area contributed by atoms with Crippen LogP contribution in [0.5, 0.6) is 11.5 Å². The van der Waals surface area contributed by atoms with E-state index in [1.807, 2.05) is 60.7 Å².